The average Bonchev–Trinajstić information content (AvgIpc) is 2.76. The Labute approximate surface area is 109 Å². The minimum absolute atomic E-state index is 0.0561. The lowest BCUT2D eigenvalue weighted by molar-refractivity contribution is 0.162. The Morgan fingerprint density at radius 1 is 1.42 bits per heavy atom. The van der Waals surface area contributed by atoms with E-state index in [4.69, 9.17) is 4.74 Å². The van der Waals surface area contributed by atoms with Crippen LogP contribution in [-0.2, 0) is 13.5 Å². The Morgan fingerprint density at radius 3 is 2.84 bits per heavy atom. The van der Waals surface area contributed by atoms with Crippen LogP contribution in [0.15, 0.2) is 24.4 Å². The molecule has 19 heavy (non-hydrogen) atoms. The first-order valence-electron chi connectivity index (χ1n) is 5.71. The van der Waals surface area contributed by atoms with Gasteiger partial charge >= 0.3 is 0 Å². The zero-order chi connectivity index (χ0) is 14.0. The number of aromatic nitrogens is 2. The molecule has 1 unspecified atom stereocenters. The molecule has 0 saturated heterocycles. The lowest BCUT2D eigenvalue weighted by Crippen LogP contribution is -2.10. The minimum Gasteiger partial charge on any atom is -0.493 e. The minimum atomic E-state index is -1.03. The third-order valence-corrected chi connectivity index (χ3v) is 2.93. The Kier molecular flexibility index (Phi) is 3.80. The summed E-state index contributed by atoms with van der Waals surface area (Å²) >= 11 is 0. The average molecular weight is 268 g/mol. The first-order valence-corrected chi connectivity index (χ1v) is 5.71. The summed E-state index contributed by atoms with van der Waals surface area (Å²) in [6.07, 6.45) is 0.374. The highest BCUT2D eigenvalue weighted by molar-refractivity contribution is 5.29. The van der Waals surface area contributed by atoms with Crippen molar-refractivity contribution in [3.05, 3.63) is 47.3 Å². The number of halogens is 2. The van der Waals surface area contributed by atoms with E-state index in [0.717, 1.165) is 6.07 Å². The molecule has 0 radical (unpaired) electrons. The zero-order valence-corrected chi connectivity index (χ0v) is 10.6. The van der Waals surface area contributed by atoms with Crippen LogP contribution < -0.4 is 4.74 Å². The quantitative estimate of drug-likeness (QED) is 0.922. The second-order valence-electron chi connectivity index (χ2n) is 4.15. The Hall–Kier alpha value is -1.95. The topological polar surface area (TPSA) is 47.3 Å². The number of aryl methyl sites for hydroxylation is 1. The van der Waals surface area contributed by atoms with E-state index in [0.29, 0.717) is 11.4 Å². The molecule has 0 amide bonds. The molecule has 1 aromatic heterocycles. The van der Waals surface area contributed by atoms with Gasteiger partial charge in [0.25, 0.3) is 0 Å². The van der Waals surface area contributed by atoms with Gasteiger partial charge in [-0.3, -0.25) is 4.68 Å². The zero-order valence-electron chi connectivity index (χ0n) is 10.6. The summed E-state index contributed by atoms with van der Waals surface area (Å²) in [4.78, 5) is 0. The molecule has 2 rings (SSSR count). The molecule has 0 spiro atoms. The van der Waals surface area contributed by atoms with Crippen LogP contribution in [0.3, 0.4) is 0 Å². The predicted molar refractivity (Wildman–Crippen MR) is 64.8 cm³/mol. The number of methoxy groups -OCH3 is 1. The first kappa shape index (κ1) is 13.5. The maximum atomic E-state index is 13.5. The molecule has 1 aromatic carbocycles. The van der Waals surface area contributed by atoms with Crippen LogP contribution in [0.25, 0.3) is 0 Å². The third kappa shape index (κ3) is 2.58. The number of aliphatic hydroxyl groups is 1. The molecule has 0 fully saturated rings. The van der Waals surface area contributed by atoms with Gasteiger partial charge in [-0.05, 0) is 11.6 Å². The van der Waals surface area contributed by atoms with Gasteiger partial charge in [-0.25, -0.2) is 8.78 Å². The number of hydrogen-bond acceptors (Lipinski definition) is 3. The number of hydrogen-bond donors (Lipinski definition) is 1. The smallest absolute Gasteiger partial charge is 0.162 e. The van der Waals surface area contributed by atoms with Crippen molar-refractivity contribution in [2.75, 3.05) is 7.11 Å². The van der Waals surface area contributed by atoms with E-state index in [1.807, 2.05) is 0 Å². The summed E-state index contributed by atoms with van der Waals surface area (Å²) in [5, 5.41) is 14.1. The van der Waals surface area contributed by atoms with Gasteiger partial charge in [0, 0.05) is 13.5 Å². The van der Waals surface area contributed by atoms with Gasteiger partial charge in [-0.1, -0.05) is 12.1 Å². The first-order chi connectivity index (χ1) is 9.04. The molecule has 0 aliphatic heterocycles. The van der Waals surface area contributed by atoms with Crippen LogP contribution in [0.2, 0.25) is 0 Å². The molecule has 6 heteroatoms. The molecular formula is C13H14F2N2O2. The van der Waals surface area contributed by atoms with Crippen molar-refractivity contribution in [1.29, 1.82) is 0 Å². The number of rotatable bonds is 4. The SMILES string of the molecule is COc1cnn(C)c1C(O)Cc1cccc(F)c1F. The molecule has 1 atom stereocenters. The van der Waals surface area contributed by atoms with E-state index in [1.54, 1.807) is 7.05 Å². The Balaban J connectivity index is 2.28. The van der Waals surface area contributed by atoms with Crippen molar-refractivity contribution in [2.24, 2.45) is 7.05 Å². The molecule has 4 nitrogen and oxygen atoms in total. The summed E-state index contributed by atoms with van der Waals surface area (Å²) < 4.78 is 33.2. The fraction of sp³-hybridized carbons (Fsp3) is 0.308. The van der Waals surface area contributed by atoms with E-state index in [-0.39, 0.29) is 12.0 Å². The van der Waals surface area contributed by atoms with Crippen molar-refractivity contribution in [3.8, 4) is 5.75 Å². The van der Waals surface area contributed by atoms with Crippen molar-refractivity contribution in [1.82, 2.24) is 9.78 Å². The summed E-state index contributed by atoms with van der Waals surface area (Å²) in [5.41, 5.74) is 0.530. The number of aliphatic hydroxyl groups excluding tert-OH is 1. The molecule has 1 N–H and O–H groups in total. The molecule has 0 saturated carbocycles. The van der Waals surface area contributed by atoms with Crippen LogP contribution in [0, 0.1) is 11.6 Å². The number of ether oxygens (including phenoxy) is 1. The van der Waals surface area contributed by atoms with Crippen molar-refractivity contribution >= 4 is 0 Å². The molecule has 2 aromatic rings. The van der Waals surface area contributed by atoms with Crippen LogP contribution >= 0.6 is 0 Å². The standard InChI is InChI=1S/C13H14F2N2O2/c1-17-13(11(19-2)7-16-17)10(18)6-8-4-3-5-9(14)12(8)15/h3-5,7,10,18H,6H2,1-2H3. The monoisotopic (exact) mass is 268 g/mol. The summed E-state index contributed by atoms with van der Waals surface area (Å²) in [6, 6.07) is 3.88. The summed E-state index contributed by atoms with van der Waals surface area (Å²) in [5.74, 6) is -1.46. The van der Waals surface area contributed by atoms with Gasteiger partial charge in [0.2, 0.25) is 0 Å². The lowest BCUT2D eigenvalue weighted by atomic mass is 10.0. The summed E-state index contributed by atoms with van der Waals surface area (Å²) in [7, 11) is 3.10. The van der Waals surface area contributed by atoms with E-state index < -0.39 is 17.7 Å². The maximum Gasteiger partial charge on any atom is 0.162 e. The fourth-order valence-corrected chi connectivity index (χ4v) is 1.98. The number of benzene rings is 1. The highest BCUT2D eigenvalue weighted by atomic mass is 19.2. The van der Waals surface area contributed by atoms with Crippen LogP contribution in [0.1, 0.15) is 17.4 Å². The molecule has 1 heterocycles. The van der Waals surface area contributed by atoms with Gasteiger partial charge in [0.05, 0.1) is 13.3 Å². The van der Waals surface area contributed by atoms with Crippen LogP contribution in [-0.4, -0.2) is 22.0 Å². The lowest BCUT2D eigenvalue weighted by Gasteiger charge is -2.13. The van der Waals surface area contributed by atoms with Crippen molar-refractivity contribution in [2.45, 2.75) is 12.5 Å². The predicted octanol–water partition coefficient (Wildman–Crippen LogP) is 1.98. The molecule has 0 bridgehead atoms. The van der Waals surface area contributed by atoms with Crippen molar-refractivity contribution < 1.29 is 18.6 Å². The van der Waals surface area contributed by atoms with Gasteiger partial charge in [0.15, 0.2) is 17.4 Å². The van der Waals surface area contributed by atoms with E-state index in [1.165, 1.54) is 30.1 Å². The summed E-state index contributed by atoms with van der Waals surface area (Å²) in [6.45, 7) is 0. The fourth-order valence-electron chi connectivity index (χ4n) is 1.98. The van der Waals surface area contributed by atoms with Crippen LogP contribution in [0.4, 0.5) is 8.78 Å². The van der Waals surface area contributed by atoms with Gasteiger partial charge in [0.1, 0.15) is 11.8 Å². The normalized spacial score (nSPS) is 12.5. The highest BCUT2D eigenvalue weighted by Gasteiger charge is 2.20. The van der Waals surface area contributed by atoms with Gasteiger partial charge in [-0.2, -0.15) is 5.10 Å². The van der Waals surface area contributed by atoms with E-state index in [9.17, 15) is 13.9 Å². The van der Waals surface area contributed by atoms with Crippen LogP contribution in [0.5, 0.6) is 5.75 Å². The molecular weight excluding hydrogens is 254 g/mol. The third-order valence-electron chi connectivity index (χ3n) is 2.93. The Bertz CT molecular complexity index is 584. The van der Waals surface area contributed by atoms with Gasteiger partial charge < -0.3 is 9.84 Å². The second-order valence-corrected chi connectivity index (χ2v) is 4.15. The van der Waals surface area contributed by atoms with E-state index in [2.05, 4.69) is 5.10 Å². The second kappa shape index (κ2) is 5.36. The van der Waals surface area contributed by atoms with Crippen molar-refractivity contribution in [3.63, 3.8) is 0 Å². The van der Waals surface area contributed by atoms with E-state index >= 15 is 0 Å². The molecule has 0 aliphatic rings. The molecule has 102 valence electrons. The Morgan fingerprint density at radius 2 is 2.16 bits per heavy atom. The highest BCUT2D eigenvalue weighted by Crippen LogP contribution is 2.27. The maximum absolute atomic E-state index is 13.5. The largest absolute Gasteiger partial charge is 0.493 e. The molecule has 0 aliphatic carbocycles. The van der Waals surface area contributed by atoms with Gasteiger partial charge in [-0.15, -0.1) is 0 Å². The number of nitrogens with zero attached hydrogens (tertiary/aromatic N) is 2.